The van der Waals surface area contributed by atoms with Crippen LogP contribution in [0.25, 0.3) is 0 Å². The van der Waals surface area contributed by atoms with Gasteiger partial charge in [-0.05, 0) is 84.6 Å². The average Bonchev–Trinajstić information content (AvgIpc) is 2.96. The number of carbonyl (C=O) groups is 3. The lowest BCUT2D eigenvalue weighted by atomic mass is 9.81. The Bertz CT molecular complexity index is 1490. The summed E-state index contributed by atoms with van der Waals surface area (Å²) < 4.78 is 87.4. The molecule has 2 heterocycles. The number of hydrogen-bond acceptors (Lipinski definition) is 5. The van der Waals surface area contributed by atoms with Crippen LogP contribution in [0.2, 0.25) is 0 Å². The Kier molecular flexibility index (Phi) is 12.0. The highest BCUT2D eigenvalue weighted by Crippen LogP contribution is 2.37. The minimum Gasteiger partial charge on any atom is -0.444 e. The lowest BCUT2D eigenvalue weighted by Crippen LogP contribution is -2.58. The zero-order valence-corrected chi connectivity index (χ0v) is 27.5. The second-order valence-electron chi connectivity index (χ2n) is 12.8. The van der Waals surface area contributed by atoms with E-state index in [4.69, 9.17) is 10.5 Å². The summed E-state index contributed by atoms with van der Waals surface area (Å²) in [6.45, 7) is 12.7. The van der Waals surface area contributed by atoms with E-state index in [9.17, 15) is 40.7 Å². The molecule has 47 heavy (non-hydrogen) atoms. The van der Waals surface area contributed by atoms with Gasteiger partial charge in [-0.1, -0.05) is 0 Å². The molecule has 2 saturated heterocycles. The maximum atomic E-state index is 14.3. The highest BCUT2D eigenvalue weighted by molar-refractivity contribution is 5.87. The Morgan fingerprint density at radius 1 is 0.809 bits per heavy atom. The predicted molar refractivity (Wildman–Crippen MR) is 162 cm³/mol. The first kappa shape index (κ1) is 37.6. The highest BCUT2D eigenvalue weighted by atomic mass is 19.2. The van der Waals surface area contributed by atoms with Gasteiger partial charge in [-0.2, -0.15) is 0 Å². The van der Waals surface area contributed by atoms with Crippen LogP contribution in [0.15, 0.2) is 24.3 Å². The van der Waals surface area contributed by atoms with E-state index in [1.165, 1.54) is 9.80 Å². The largest absolute Gasteiger partial charge is 0.444 e. The standard InChI is InChI=1S/C19H25F3N2O3.C14H17F3N2O/c1-6-24-10(2)12(13-7-11(20)8-14(21)16(13)22)9-15(17(24)25)23-18(26)27-19(3,4)5;1-3-19-7(2)9(6-12(18)14(19)20)10-4-8(15)5-11(16)13(10)17/h7-8,10,12,15H,6,9H2,1-5H3,(H,23,26);4-5,7,9,12H,3,6,18H2,1-2H3/t10-,12-,15?;7-,9-,12?/m11/s1. The van der Waals surface area contributed by atoms with Gasteiger partial charge in [-0.3, -0.25) is 9.59 Å². The van der Waals surface area contributed by atoms with Crippen LogP contribution in [-0.2, 0) is 14.3 Å². The number of rotatable bonds is 5. The third-order valence-electron chi connectivity index (χ3n) is 8.54. The van der Waals surface area contributed by atoms with Crippen molar-refractivity contribution in [2.75, 3.05) is 13.1 Å². The van der Waals surface area contributed by atoms with Gasteiger partial charge in [0.1, 0.15) is 23.3 Å². The fourth-order valence-corrected chi connectivity index (χ4v) is 6.30. The van der Waals surface area contributed by atoms with E-state index in [0.29, 0.717) is 25.2 Å². The molecule has 2 unspecified atom stereocenters. The van der Waals surface area contributed by atoms with Crippen LogP contribution in [-0.4, -0.2) is 70.6 Å². The van der Waals surface area contributed by atoms with Gasteiger partial charge in [0.15, 0.2) is 23.3 Å². The molecule has 3 amide bonds. The number of amides is 3. The van der Waals surface area contributed by atoms with E-state index in [0.717, 1.165) is 12.1 Å². The summed E-state index contributed by atoms with van der Waals surface area (Å²) >= 11 is 0. The van der Waals surface area contributed by atoms with Gasteiger partial charge in [0.05, 0.1) is 6.04 Å². The molecule has 2 aromatic rings. The van der Waals surface area contributed by atoms with Crippen LogP contribution in [0, 0.1) is 34.9 Å². The van der Waals surface area contributed by atoms with E-state index < -0.39 is 76.6 Å². The van der Waals surface area contributed by atoms with E-state index in [-0.39, 0.29) is 41.8 Å². The molecule has 0 radical (unpaired) electrons. The zero-order chi connectivity index (χ0) is 35.5. The van der Waals surface area contributed by atoms with Crippen LogP contribution >= 0.6 is 0 Å². The van der Waals surface area contributed by atoms with E-state index in [1.54, 1.807) is 48.5 Å². The van der Waals surface area contributed by atoms with Gasteiger partial charge in [0.25, 0.3) is 0 Å². The number of benzene rings is 2. The predicted octanol–water partition coefficient (Wildman–Crippen LogP) is 5.88. The van der Waals surface area contributed by atoms with Crippen LogP contribution in [0.1, 0.15) is 84.3 Å². The molecule has 6 atom stereocenters. The summed E-state index contributed by atoms with van der Waals surface area (Å²) in [6, 6.07) is 0.302. The maximum absolute atomic E-state index is 14.3. The van der Waals surface area contributed by atoms with Crippen LogP contribution in [0.4, 0.5) is 31.1 Å². The summed E-state index contributed by atoms with van der Waals surface area (Å²) in [6.07, 6.45) is -0.595. The normalized spacial score (nSPS) is 24.9. The van der Waals surface area contributed by atoms with Crippen LogP contribution in [0.3, 0.4) is 0 Å². The van der Waals surface area contributed by atoms with Crippen molar-refractivity contribution in [1.29, 1.82) is 0 Å². The molecule has 4 rings (SSSR count). The summed E-state index contributed by atoms with van der Waals surface area (Å²) in [5.74, 6) is -8.21. The number of alkyl carbamates (subject to hydrolysis) is 1. The van der Waals surface area contributed by atoms with Crippen molar-refractivity contribution in [2.24, 2.45) is 5.73 Å². The van der Waals surface area contributed by atoms with Crippen molar-refractivity contribution in [2.45, 2.75) is 103 Å². The second-order valence-corrected chi connectivity index (χ2v) is 12.8. The Hall–Kier alpha value is -3.81. The average molecular weight is 673 g/mol. The Labute approximate surface area is 270 Å². The fraction of sp³-hybridized carbons (Fsp3) is 0.545. The van der Waals surface area contributed by atoms with Crippen LogP contribution < -0.4 is 11.1 Å². The van der Waals surface area contributed by atoms with E-state index >= 15 is 0 Å². The first-order chi connectivity index (χ1) is 21.8. The third-order valence-corrected chi connectivity index (χ3v) is 8.54. The SMILES string of the molecule is CCN1C(=O)C(N)C[C@@H](c2cc(F)cc(F)c2F)[C@H]1C.CCN1C(=O)C(NC(=O)OC(C)(C)C)C[C@@H](c2cc(F)cc(F)c2F)[C@H]1C. The maximum Gasteiger partial charge on any atom is 0.408 e. The first-order valence-electron chi connectivity index (χ1n) is 15.5. The van der Waals surface area contributed by atoms with Crippen molar-refractivity contribution < 1.29 is 45.5 Å². The number of carbonyl (C=O) groups excluding carboxylic acids is 3. The summed E-state index contributed by atoms with van der Waals surface area (Å²) in [7, 11) is 0. The number of ether oxygens (including phenoxy) is 1. The molecule has 8 nitrogen and oxygen atoms in total. The number of nitrogens with two attached hydrogens (primary N) is 1. The minimum atomic E-state index is -1.28. The van der Waals surface area contributed by atoms with Crippen molar-refractivity contribution in [1.82, 2.24) is 15.1 Å². The zero-order valence-electron chi connectivity index (χ0n) is 27.5. The molecule has 0 aliphatic carbocycles. The van der Waals surface area contributed by atoms with Crippen molar-refractivity contribution >= 4 is 17.9 Å². The number of piperidine rings is 2. The van der Waals surface area contributed by atoms with Gasteiger partial charge < -0.3 is 25.6 Å². The number of nitrogens with one attached hydrogen (secondary N) is 1. The molecule has 0 aromatic heterocycles. The summed E-state index contributed by atoms with van der Waals surface area (Å²) in [4.78, 5) is 39.6. The molecule has 14 heteroatoms. The molecule has 0 saturated carbocycles. The van der Waals surface area contributed by atoms with Gasteiger partial charge >= 0.3 is 6.09 Å². The lowest BCUT2D eigenvalue weighted by molar-refractivity contribution is -0.139. The number of likely N-dealkylation sites (tertiary alicyclic amines) is 2. The number of likely N-dealkylation sites (N-methyl/N-ethyl adjacent to an activating group) is 2. The molecule has 3 N–H and O–H groups in total. The molecule has 2 aliphatic heterocycles. The number of halogens is 6. The molecule has 260 valence electrons. The van der Waals surface area contributed by atoms with E-state index in [2.05, 4.69) is 5.32 Å². The Morgan fingerprint density at radius 2 is 1.23 bits per heavy atom. The van der Waals surface area contributed by atoms with Crippen molar-refractivity contribution in [3.8, 4) is 0 Å². The summed E-state index contributed by atoms with van der Waals surface area (Å²) in [5.41, 5.74) is 4.80. The molecule has 2 fully saturated rings. The minimum absolute atomic E-state index is 0.00948. The lowest BCUT2D eigenvalue weighted by Gasteiger charge is -2.42. The fourth-order valence-electron chi connectivity index (χ4n) is 6.30. The van der Waals surface area contributed by atoms with Gasteiger partial charge in [0, 0.05) is 49.1 Å². The smallest absolute Gasteiger partial charge is 0.408 e. The van der Waals surface area contributed by atoms with Gasteiger partial charge in [-0.25, -0.2) is 31.1 Å². The molecule has 2 aromatic carbocycles. The topological polar surface area (TPSA) is 105 Å². The van der Waals surface area contributed by atoms with Crippen LogP contribution in [0.5, 0.6) is 0 Å². The van der Waals surface area contributed by atoms with Gasteiger partial charge in [-0.15, -0.1) is 0 Å². The molecule has 2 aliphatic rings. The van der Waals surface area contributed by atoms with Crippen molar-refractivity contribution in [3.63, 3.8) is 0 Å². The molecular weight excluding hydrogens is 630 g/mol. The van der Waals surface area contributed by atoms with Gasteiger partial charge in [0.2, 0.25) is 11.8 Å². The summed E-state index contributed by atoms with van der Waals surface area (Å²) in [5, 5.41) is 2.50. The number of hydrogen-bond donors (Lipinski definition) is 2. The molecule has 0 spiro atoms. The quantitative estimate of drug-likeness (QED) is 0.305. The Morgan fingerprint density at radius 3 is 1.66 bits per heavy atom. The Balaban J connectivity index is 0.000000267. The van der Waals surface area contributed by atoms with E-state index in [1.807, 2.05) is 0 Å². The number of nitrogens with zero attached hydrogens (tertiary/aromatic N) is 2. The second kappa shape index (κ2) is 15.0. The van der Waals surface area contributed by atoms with Crippen molar-refractivity contribution in [3.05, 3.63) is 70.3 Å². The monoisotopic (exact) mass is 672 g/mol. The third kappa shape index (κ3) is 8.57. The molecular formula is C33H42F6N4O4. The molecule has 0 bridgehead atoms. The highest BCUT2D eigenvalue weighted by Gasteiger charge is 2.42. The first-order valence-corrected chi connectivity index (χ1v) is 15.5.